The molecule has 32 heavy (non-hydrogen) atoms. The molecular formula is C23H24F3N3O2S. The minimum atomic E-state index is -5.08. The summed E-state index contributed by atoms with van der Waals surface area (Å²) in [5.41, 5.74) is 4.42. The number of nitrogens with zero attached hydrogens (tertiary/aromatic N) is 2. The Morgan fingerprint density at radius 3 is 2.53 bits per heavy atom. The van der Waals surface area contributed by atoms with E-state index in [0.29, 0.717) is 12.0 Å². The Balaban J connectivity index is 0.000000307. The average molecular weight is 464 g/mol. The van der Waals surface area contributed by atoms with Crippen molar-refractivity contribution >= 4 is 17.3 Å². The van der Waals surface area contributed by atoms with Gasteiger partial charge in [-0.3, -0.25) is 4.90 Å². The molecule has 5 nitrogen and oxygen atoms in total. The van der Waals surface area contributed by atoms with Crippen LogP contribution in [0, 0.1) is 0 Å². The number of aromatic nitrogens is 1. The zero-order chi connectivity index (χ0) is 22.7. The van der Waals surface area contributed by atoms with Crippen molar-refractivity contribution < 1.29 is 23.1 Å². The fourth-order valence-electron chi connectivity index (χ4n) is 4.06. The largest absolute Gasteiger partial charge is 0.490 e. The molecule has 3 aromatic rings. The second kappa shape index (κ2) is 9.48. The first-order chi connectivity index (χ1) is 15.3. The predicted octanol–water partition coefficient (Wildman–Crippen LogP) is 4.47. The summed E-state index contributed by atoms with van der Waals surface area (Å²) >= 11 is 1.88. The molecule has 1 unspecified atom stereocenters. The van der Waals surface area contributed by atoms with Gasteiger partial charge in [-0.1, -0.05) is 30.3 Å². The van der Waals surface area contributed by atoms with E-state index >= 15 is 0 Å². The maximum absolute atomic E-state index is 10.6. The van der Waals surface area contributed by atoms with Crippen LogP contribution in [0.4, 0.5) is 13.2 Å². The lowest BCUT2D eigenvalue weighted by Crippen LogP contribution is -2.42. The van der Waals surface area contributed by atoms with E-state index in [9.17, 15) is 13.2 Å². The number of rotatable bonds is 4. The topological polar surface area (TPSA) is 57.5 Å². The number of carboxylic acids is 1. The van der Waals surface area contributed by atoms with Gasteiger partial charge in [-0.25, -0.2) is 4.79 Å². The van der Waals surface area contributed by atoms with Crippen LogP contribution in [0.25, 0.3) is 0 Å². The third kappa shape index (κ3) is 5.23. The van der Waals surface area contributed by atoms with E-state index in [4.69, 9.17) is 9.90 Å². The van der Waals surface area contributed by atoms with Crippen LogP contribution in [0.15, 0.2) is 60.2 Å². The van der Waals surface area contributed by atoms with Gasteiger partial charge in [0, 0.05) is 55.9 Å². The van der Waals surface area contributed by atoms with Gasteiger partial charge in [-0.2, -0.15) is 13.2 Å². The van der Waals surface area contributed by atoms with Crippen LogP contribution in [0.3, 0.4) is 0 Å². The Labute approximate surface area is 188 Å². The summed E-state index contributed by atoms with van der Waals surface area (Å²) in [5, 5.41) is 12.7. The number of hydrogen-bond acceptors (Lipinski definition) is 4. The van der Waals surface area contributed by atoms with Gasteiger partial charge in [0.2, 0.25) is 0 Å². The van der Waals surface area contributed by atoms with Crippen LogP contribution in [-0.2, 0) is 17.9 Å². The van der Waals surface area contributed by atoms with Crippen LogP contribution in [0.2, 0.25) is 0 Å². The fourth-order valence-corrected chi connectivity index (χ4v) is 4.89. The molecule has 2 N–H and O–H groups in total. The molecule has 1 fully saturated rings. The van der Waals surface area contributed by atoms with Crippen LogP contribution in [0.1, 0.15) is 33.5 Å². The summed E-state index contributed by atoms with van der Waals surface area (Å²) in [6, 6.07) is 16.4. The molecule has 0 radical (unpaired) electrons. The maximum Gasteiger partial charge on any atom is 0.490 e. The lowest BCUT2D eigenvalue weighted by molar-refractivity contribution is -0.192. The molecule has 2 aromatic heterocycles. The number of carboxylic acid groups (broad SMARTS) is 1. The van der Waals surface area contributed by atoms with Crippen molar-refractivity contribution in [1.29, 1.82) is 0 Å². The molecule has 1 atom stereocenters. The maximum atomic E-state index is 10.6. The standard InChI is InChI=1S/C21H23N3S.C2HF3O2/c1-2-5-19-17(4-1)14-23(15-20(19)21-6-3-9-25-21)12-16-7-8-24(13-16)18-10-22-11-18;3-2(4,5)1(6)7/h1-9,13,18,20,22H,10-12,14-15H2;(H,6,7). The highest BCUT2D eigenvalue weighted by Crippen LogP contribution is 2.36. The van der Waals surface area contributed by atoms with Crippen LogP contribution in [-0.4, -0.2) is 46.4 Å². The van der Waals surface area contributed by atoms with Gasteiger partial charge in [0.05, 0.1) is 6.04 Å². The lowest BCUT2D eigenvalue weighted by Gasteiger charge is -2.34. The number of nitrogens with one attached hydrogen (secondary N) is 1. The Morgan fingerprint density at radius 1 is 1.16 bits per heavy atom. The molecule has 4 heterocycles. The quantitative estimate of drug-likeness (QED) is 0.599. The molecule has 9 heteroatoms. The van der Waals surface area contributed by atoms with Crippen molar-refractivity contribution in [2.45, 2.75) is 31.2 Å². The van der Waals surface area contributed by atoms with Gasteiger partial charge in [0.1, 0.15) is 0 Å². The zero-order valence-electron chi connectivity index (χ0n) is 17.3. The molecule has 0 spiro atoms. The molecule has 1 aromatic carbocycles. The zero-order valence-corrected chi connectivity index (χ0v) is 18.1. The van der Waals surface area contributed by atoms with E-state index in [0.717, 1.165) is 32.7 Å². The average Bonchev–Trinajstić information content (AvgIpc) is 3.38. The lowest BCUT2D eigenvalue weighted by atomic mass is 9.88. The van der Waals surface area contributed by atoms with Crippen molar-refractivity contribution in [3.63, 3.8) is 0 Å². The number of fused-ring (bicyclic) bond motifs is 1. The molecule has 170 valence electrons. The number of hydrogen-bond donors (Lipinski definition) is 2. The summed E-state index contributed by atoms with van der Waals surface area (Å²) in [7, 11) is 0. The van der Waals surface area contributed by atoms with Crippen LogP contribution < -0.4 is 5.32 Å². The highest BCUT2D eigenvalue weighted by Gasteiger charge is 2.38. The summed E-state index contributed by atoms with van der Waals surface area (Å²) in [6.45, 7) is 5.39. The Morgan fingerprint density at radius 2 is 1.91 bits per heavy atom. The first-order valence-electron chi connectivity index (χ1n) is 10.3. The third-order valence-electron chi connectivity index (χ3n) is 5.76. The third-order valence-corrected chi connectivity index (χ3v) is 6.74. The predicted molar refractivity (Wildman–Crippen MR) is 117 cm³/mol. The SMILES string of the molecule is O=C(O)C(F)(F)F.c1csc(C2CN(Cc3ccn(C4CNC4)c3)Cc3ccccc32)c1. The molecule has 2 aliphatic heterocycles. The van der Waals surface area contributed by atoms with Gasteiger partial charge in [0.25, 0.3) is 0 Å². The summed E-state index contributed by atoms with van der Waals surface area (Å²) in [6.07, 6.45) is -0.498. The van der Waals surface area contributed by atoms with E-state index in [-0.39, 0.29) is 0 Å². The minimum absolute atomic E-state index is 0.503. The van der Waals surface area contributed by atoms with E-state index in [1.807, 2.05) is 11.3 Å². The smallest absolute Gasteiger partial charge is 0.475 e. The second-order valence-electron chi connectivity index (χ2n) is 8.02. The summed E-state index contributed by atoms with van der Waals surface area (Å²) in [5.74, 6) is -2.25. The Hall–Kier alpha value is -2.62. The van der Waals surface area contributed by atoms with Crippen LogP contribution >= 0.6 is 11.3 Å². The molecule has 0 amide bonds. The highest BCUT2D eigenvalue weighted by molar-refractivity contribution is 7.10. The summed E-state index contributed by atoms with van der Waals surface area (Å²) < 4.78 is 34.1. The van der Waals surface area contributed by atoms with Crippen molar-refractivity contribution in [2.75, 3.05) is 19.6 Å². The number of aliphatic carboxylic acids is 1. The Bertz CT molecular complexity index is 1040. The van der Waals surface area contributed by atoms with Crippen molar-refractivity contribution in [2.24, 2.45) is 0 Å². The number of thiophene rings is 1. The van der Waals surface area contributed by atoms with Crippen molar-refractivity contribution in [1.82, 2.24) is 14.8 Å². The number of carbonyl (C=O) groups is 1. The molecule has 0 aliphatic carbocycles. The minimum Gasteiger partial charge on any atom is -0.475 e. The second-order valence-corrected chi connectivity index (χ2v) is 9.00. The molecule has 0 bridgehead atoms. The molecule has 1 saturated heterocycles. The molecule has 0 saturated carbocycles. The van der Waals surface area contributed by atoms with Gasteiger partial charge < -0.3 is 15.0 Å². The van der Waals surface area contributed by atoms with Crippen LogP contribution in [0.5, 0.6) is 0 Å². The van der Waals surface area contributed by atoms with Gasteiger partial charge in [-0.15, -0.1) is 11.3 Å². The first kappa shape index (κ1) is 22.6. The fraction of sp³-hybridized carbons (Fsp3) is 0.348. The van der Waals surface area contributed by atoms with E-state index in [1.54, 1.807) is 0 Å². The van der Waals surface area contributed by atoms with Gasteiger partial charge >= 0.3 is 12.1 Å². The van der Waals surface area contributed by atoms with E-state index in [2.05, 4.69) is 75.0 Å². The summed E-state index contributed by atoms with van der Waals surface area (Å²) in [4.78, 5) is 13.0. The normalized spacial score (nSPS) is 18.9. The van der Waals surface area contributed by atoms with E-state index in [1.165, 1.54) is 21.6 Å². The number of halogens is 3. The van der Waals surface area contributed by atoms with E-state index < -0.39 is 12.1 Å². The molecular weight excluding hydrogens is 439 g/mol. The molecule has 5 rings (SSSR count). The van der Waals surface area contributed by atoms with Crippen molar-refractivity contribution in [3.8, 4) is 0 Å². The van der Waals surface area contributed by atoms with Gasteiger partial charge in [-0.05, 0) is 34.2 Å². The van der Waals surface area contributed by atoms with Gasteiger partial charge in [0.15, 0.2) is 0 Å². The molecule has 2 aliphatic rings. The Kier molecular flexibility index (Phi) is 6.68. The monoisotopic (exact) mass is 463 g/mol. The highest BCUT2D eigenvalue weighted by atomic mass is 32.1. The number of alkyl halides is 3. The first-order valence-corrected chi connectivity index (χ1v) is 11.2. The van der Waals surface area contributed by atoms with Crippen molar-refractivity contribution in [3.05, 3.63) is 81.8 Å². The number of benzene rings is 1.